The Hall–Kier alpha value is -0.840. The fourth-order valence-electron chi connectivity index (χ4n) is 1.31. The number of furan rings is 1. The Labute approximate surface area is 89.8 Å². The summed E-state index contributed by atoms with van der Waals surface area (Å²) in [6.45, 7) is 1.83. The molecule has 74 valence electrons. The van der Waals surface area contributed by atoms with Crippen molar-refractivity contribution in [2.75, 3.05) is 0 Å². The van der Waals surface area contributed by atoms with Gasteiger partial charge in [0.05, 0.1) is 6.04 Å². The Morgan fingerprint density at radius 3 is 2.93 bits per heavy atom. The molecule has 1 unspecified atom stereocenters. The molecular formula is C10H10BrNO2. The number of hydrogen-bond acceptors (Lipinski definition) is 3. The van der Waals surface area contributed by atoms with Gasteiger partial charge in [0.2, 0.25) is 0 Å². The van der Waals surface area contributed by atoms with E-state index in [4.69, 9.17) is 9.62 Å². The Morgan fingerprint density at radius 1 is 1.43 bits per heavy atom. The zero-order valence-corrected chi connectivity index (χ0v) is 9.21. The smallest absolute Gasteiger partial charge is 0.134 e. The minimum absolute atomic E-state index is 0.193. The van der Waals surface area contributed by atoms with Crippen LogP contribution >= 0.6 is 15.9 Å². The summed E-state index contributed by atoms with van der Waals surface area (Å²) in [5.74, 6) is 0.723. The van der Waals surface area contributed by atoms with Gasteiger partial charge in [0.25, 0.3) is 0 Å². The molecule has 0 fully saturated rings. The fourth-order valence-corrected chi connectivity index (χ4v) is 1.69. The normalized spacial score (nSPS) is 13.4. The predicted octanol–water partition coefficient (Wildman–Crippen LogP) is 3.24. The van der Waals surface area contributed by atoms with Gasteiger partial charge in [0.1, 0.15) is 11.3 Å². The van der Waals surface area contributed by atoms with E-state index in [-0.39, 0.29) is 6.04 Å². The van der Waals surface area contributed by atoms with E-state index < -0.39 is 0 Å². The third-order valence-corrected chi connectivity index (χ3v) is 2.61. The van der Waals surface area contributed by atoms with Gasteiger partial charge in [-0.3, -0.25) is 0 Å². The monoisotopic (exact) mass is 255 g/mol. The van der Waals surface area contributed by atoms with Gasteiger partial charge in [-0.25, -0.2) is 0 Å². The molecule has 3 nitrogen and oxygen atoms in total. The van der Waals surface area contributed by atoms with Crippen LogP contribution in [0, 0.1) is 0 Å². The molecule has 0 spiro atoms. The summed E-state index contributed by atoms with van der Waals surface area (Å²) in [4.78, 5) is 0. The van der Waals surface area contributed by atoms with Crippen molar-refractivity contribution in [1.29, 1.82) is 0 Å². The number of benzene rings is 1. The minimum Gasteiger partial charge on any atom is -0.459 e. The van der Waals surface area contributed by atoms with Gasteiger partial charge in [-0.15, -0.1) is 0 Å². The van der Waals surface area contributed by atoms with E-state index in [1.807, 2.05) is 31.2 Å². The quantitative estimate of drug-likeness (QED) is 0.811. The van der Waals surface area contributed by atoms with Crippen molar-refractivity contribution < 1.29 is 9.62 Å². The Morgan fingerprint density at radius 2 is 2.21 bits per heavy atom. The lowest BCUT2D eigenvalue weighted by molar-refractivity contribution is 0.124. The zero-order valence-electron chi connectivity index (χ0n) is 7.62. The van der Waals surface area contributed by atoms with Gasteiger partial charge in [-0.2, -0.15) is 5.48 Å². The zero-order chi connectivity index (χ0) is 10.1. The summed E-state index contributed by atoms with van der Waals surface area (Å²) >= 11 is 3.39. The molecule has 0 saturated carbocycles. The van der Waals surface area contributed by atoms with Gasteiger partial charge in [0, 0.05) is 9.86 Å². The van der Waals surface area contributed by atoms with Crippen LogP contribution in [0.25, 0.3) is 11.0 Å². The molecule has 0 aliphatic heterocycles. The topological polar surface area (TPSA) is 45.4 Å². The average molecular weight is 256 g/mol. The number of hydrogen-bond donors (Lipinski definition) is 2. The van der Waals surface area contributed by atoms with E-state index in [9.17, 15) is 0 Å². The highest BCUT2D eigenvalue weighted by molar-refractivity contribution is 9.10. The molecule has 4 heteroatoms. The maximum absolute atomic E-state index is 8.75. The number of halogens is 1. The molecule has 14 heavy (non-hydrogen) atoms. The van der Waals surface area contributed by atoms with E-state index >= 15 is 0 Å². The SMILES string of the molecule is CC(NO)c1cc2cc(Br)ccc2o1. The van der Waals surface area contributed by atoms with Crippen molar-refractivity contribution in [2.24, 2.45) is 0 Å². The molecule has 0 amide bonds. The summed E-state index contributed by atoms with van der Waals surface area (Å²) in [7, 11) is 0. The van der Waals surface area contributed by atoms with E-state index in [1.54, 1.807) is 0 Å². The summed E-state index contributed by atoms with van der Waals surface area (Å²) in [6.07, 6.45) is 0. The predicted molar refractivity (Wildman–Crippen MR) is 57.3 cm³/mol. The van der Waals surface area contributed by atoms with E-state index in [2.05, 4.69) is 21.4 Å². The second-order valence-corrected chi connectivity index (χ2v) is 4.10. The molecule has 0 bridgehead atoms. The maximum Gasteiger partial charge on any atom is 0.134 e. The highest BCUT2D eigenvalue weighted by Gasteiger charge is 2.09. The molecule has 1 heterocycles. The van der Waals surface area contributed by atoms with Crippen LogP contribution in [0.1, 0.15) is 18.7 Å². The van der Waals surface area contributed by atoms with Crippen LogP contribution in [0.15, 0.2) is 33.2 Å². The van der Waals surface area contributed by atoms with E-state index in [0.29, 0.717) is 0 Å². The molecular weight excluding hydrogens is 246 g/mol. The first kappa shape index (κ1) is 9.71. The molecule has 0 saturated heterocycles. The van der Waals surface area contributed by atoms with Gasteiger partial charge in [-0.05, 0) is 31.2 Å². The molecule has 1 aromatic carbocycles. The molecule has 1 atom stereocenters. The van der Waals surface area contributed by atoms with Crippen molar-refractivity contribution in [2.45, 2.75) is 13.0 Å². The Bertz CT molecular complexity index is 452. The molecule has 0 aliphatic carbocycles. The van der Waals surface area contributed by atoms with E-state index in [1.165, 1.54) is 0 Å². The van der Waals surface area contributed by atoms with Crippen molar-refractivity contribution in [3.63, 3.8) is 0 Å². The molecule has 2 rings (SSSR count). The van der Waals surface area contributed by atoms with Crippen molar-refractivity contribution >= 4 is 26.9 Å². The summed E-state index contributed by atoms with van der Waals surface area (Å²) < 4.78 is 6.55. The largest absolute Gasteiger partial charge is 0.459 e. The van der Waals surface area contributed by atoms with Crippen LogP contribution in [0.2, 0.25) is 0 Å². The lowest BCUT2D eigenvalue weighted by atomic mass is 10.2. The van der Waals surface area contributed by atoms with Gasteiger partial charge < -0.3 is 9.62 Å². The fraction of sp³-hybridized carbons (Fsp3) is 0.200. The second-order valence-electron chi connectivity index (χ2n) is 3.18. The molecule has 2 aromatic rings. The Balaban J connectivity index is 2.51. The first-order chi connectivity index (χ1) is 6.70. The number of nitrogens with one attached hydrogen (secondary N) is 1. The Kier molecular flexibility index (Phi) is 2.58. The van der Waals surface area contributed by atoms with Gasteiger partial charge in [-0.1, -0.05) is 15.9 Å². The van der Waals surface area contributed by atoms with Crippen molar-refractivity contribution in [1.82, 2.24) is 5.48 Å². The van der Waals surface area contributed by atoms with E-state index in [0.717, 1.165) is 21.2 Å². The highest BCUT2D eigenvalue weighted by Crippen LogP contribution is 2.26. The van der Waals surface area contributed by atoms with Crippen LogP contribution in [0.4, 0.5) is 0 Å². The third-order valence-electron chi connectivity index (χ3n) is 2.12. The van der Waals surface area contributed by atoms with Crippen molar-refractivity contribution in [3.05, 3.63) is 34.5 Å². The molecule has 1 aromatic heterocycles. The van der Waals surface area contributed by atoms with Crippen LogP contribution in [-0.4, -0.2) is 5.21 Å². The maximum atomic E-state index is 8.75. The van der Waals surface area contributed by atoms with Crippen LogP contribution < -0.4 is 5.48 Å². The summed E-state index contributed by atoms with van der Waals surface area (Å²) in [5.41, 5.74) is 2.98. The second kappa shape index (κ2) is 3.73. The first-order valence-electron chi connectivity index (χ1n) is 4.29. The van der Waals surface area contributed by atoms with Crippen LogP contribution in [-0.2, 0) is 0 Å². The van der Waals surface area contributed by atoms with Crippen molar-refractivity contribution in [3.8, 4) is 0 Å². The third kappa shape index (κ3) is 1.68. The number of fused-ring (bicyclic) bond motifs is 1. The van der Waals surface area contributed by atoms with Crippen LogP contribution in [0.5, 0.6) is 0 Å². The standard InChI is InChI=1S/C10H10BrNO2/c1-6(12-13)10-5-7-4-8(11)2-3-9(7)14-10/h2-6,12-13H,1H3. The van der Waals surface area contributed by atoms with Gasteiger partial charge in [0.15, 0.2) is 0 Å². The number of hydroxylamine groups is 1. The highest BCUT2D eigenvalue weighted by atomic mass is 79.9. The van der Waals surface area contributed by atoms with Crippen LogP contribution in [0.3, 0.4) is 0 Å². The minimum atomic E-state index is -0.193. The summed E-state index contributed by atoms with van der Waals surface area (Å²) in [5, 5.41) is 9.77. The van der Waals surface area contributed by atoms with Gasteiger partial charge >= 0.3 is 0 Å². The lowest BCUT2D eigenvalue weighted by Gasteiger charge is -2.02. The number of rotatable bonds is 2. The molecule has 0 radical (unpaired) electrons. The summed E-state index contributed by atoms with van der Waals surface area (Å²) in [6, 6.07) is 7.52. The average Bonchev–Trinajstić information content (AvgIpc) is 2.59. The molecule has 0 aliphatic rings. The molecule has 2 N–H and O–H groups in total. The first-order valence-corrected chi connectivity index (χ1v) is 5.08. The lowest BCUT2D eigenvalue weighted by Crippen LogP contribution is -2.11.